The standard InChI is InChI=1S/C16H21N3/c1-12-9-13(10-18-16(2)7-8-17-11-16)14-5-3-4-6-15(14)19-12/h3-6,9,17-18H,7-8,10-11H2,1-2H3. The van der Waals surface area contributed by atoms with Crippen LogP contribution >= 0.6 is 0 Å². The number of rotatable bonds is 3. The second-order valence-corrected chi connectivity index (χ2v) is 5.78. The largest absolute Gasteiger partial charge is 0.315 e. The molecule has 1 fully saturated rings. The molecular formula is C16H21N3. The Bertz CT molecular complexity index is 586. The zero-order valence-corrected chi connectivity index (χ0v) is 11.7. The van der Waals surface area contributed by atoms with Gasteiger partial charge >= 0.3 is 0 Å². The van der Waals surface area contributed by atoms with Gasteiger partial charge in [0, 0.05) is 29.7 Å². The molecule has 3 nitrogen and oxygen atoms in total. The van der Waals surface area contributed by atoms with Crippen molar-refractivity contribution >= 4 is 10.9 Å². The number of hydrogen-bond donors (Lipinski definition) is 2. The summed E-state index contributed by atoms with van der Waals surface area (Å²) < 4.78 is 0. The molecule has 0 radical (unpaired) electrons. The fraction of sp³-hybridized carbons (Fsp3) is 0.438. The van der Waals surface area contributed by atoms with E-state index in [2.05, 4.69) is 53.7 Å². The predicted molar refractivity (Wildman–Crippen MR) is 79.2 cm³/mol. The summed E-state index contributed by atoms with van der Waals surface area (Å²) in [6, 6.07) is 10.6. The lowest BCUT2D eigenvalue weighted by molar-refractivity contribution is 0.386. The second-order valence-electron chi connectivity index (χ2n) is 5.78. The van der Waals surface area contributed by atoms with Crippen molar-refractivity contribution in [2.24, 2.45) is 0 Å². The number of nitrogens with zero attached hydrogens (tertiary/aromatic N) is 1. The van der Waals surface area contributed by atoms with E-state index < -0.39 is 0 Å². The molecule has 19 heavy (non-hydrogen) atoms. The van der Waals surface area contributed by atoms with Crippen molar-refractivity contribution in [1.29, 1.82) is 0 Å². The van der Waals surface area contributed by atoms with Gasteiger partial charge in [0.1, 0.15) is 0 Å². The van der Waals surface area contributed by atoms with Crippen LogP contribution in [0.5, 0.6) is 0 Å². The molecule has 0 spiro atoms. The molecule has 0 saturated carbocycles. The van der Waals surface area contributed by atoms with E-state index in [4.69, 9.17) is 0 Å². The smallest absolute Gasteiger partial charge is 0.0708 e. The molecule has 0 amide bonds. The summed E-state index contributed by atoms with van der Waals surface area (Å²) in [5.74, 6) is 0. The van der Waals surface area contributed by atoms with Crippen LogP contribution in [0.3, 0.4) is 0 Å². The van der Waals surface area contributed by atoms with Crippen LogP contribution in [0, 0.1) is 6.92 Å². The minimum atomic E-state index is 0.221. The Morgan fingerprint density at radius 1 is 1.37 bits per heavy atom. The first-order chi connectivity index (χ1) is 9.16. The maximum absolute atomic E-state index is 4.59. The van der Waals surface area contributed by atoms with Crippen LogP contribution < -0.4 is 10.6 Å². The summed E-state index contributed by atoms with van der Waals surface area (Å²) in [4.78, 5) is 4.59. The predicted octanol–water partition coefficient (Wildman–Crippen LogP) is 2.38. The number of aryl methyl sites for hydroxylation is 1. The maximum Gasteiger partial charge on any atom is 0.0708 e. The van der Waals surface area contributed by atoms with Crippen molar-refractivity contribution in [3.63, 3.8) is 0 Å². The molecular weight excluding hydrogens is 234 g/mol. The van der Waals surface area contributed by atoms with Crippen LogP contribution in [0.4, 0.5) is 0 Å². The van der Waals surface area contributed by atoms with Crippen molar-refractivity contribution in [2.45, 2.75) is 32.4 Å². The van der Waals surface area contributed by atoms with Gasteiger partial charge in [0.25, 0.3) is 0 Å². The summed E-state index contributed by atoms with van der Waals surface area (Å²) in [5.41, 5.74) is 3.74. The monoisotopic (exact) mass is 255 g/mol. The van der Waals surface area contributed by atoms with E-state index in [1.165, 1.54) is 17.4 Å². The van der Waals surface area contributed by atoms with Gasteiger partial charge in [0.15, 0.2) is 0 Å². The Hall–Kier alpha value is -1.45. The SMILES string of the molecule is Cc1cc(CNC2(C)CCNC2)c2ccccc2n1. The highest BCUT2D eigenvalue weighted by Gasteiger charge is 2.27. The summed E-state index contributed by atoms with van der Waals surface area (Å²) in [6.45, 7) is 7.43. The van der Waals surface area contributed by atoms with E-state index >= 15 is 0 Å². The average Bonchev–Trinajstić information content (AvgIpc) is 2.83. The number of hydrogen-bond acceptors (Lipinski definition) is 3. The van der Waals surface area contributed by atoms with E-state index in [0.29, 0.717) is 0 Å². The minimum absolute atomic E-state index is 0.221. The number of aromatic nitrogens is 1. The topological polar surface area (TPSA) is 37.0 Å². The minimum Gasteiger partial charge on any atom is -0.315 e. The van der Waals surface area contributed by atoms with Crippen molar-refractivity contribution < 1.29 is 0 Å². The van der Waals surface area contributed by atoms with Crippen LogP contribution in [-0.2, 0) is 6.54 Å². The van der Waals surface area contributed by atoms with Crippen LogP contribution in [0.2, 0.25) is 0 Å². The third-order valence-electron chi connectivity index (χ3n) is 4.00. The summed E-state index contributed by atoms with van der Waals surface area (Å²) in [7, 11) is 0. The highest BCUT2D eigenvalue weighted by molar-refractivity contribution is 5.82. The Balaban J connectivity index is 1.87. The van der Waals surface area contributed by atoms with Gasteiger partial charge in [0.05, 0.1) is 5.52 Å². The van der Waals surface area contributed by atoms with Crippen LogP contribution in [0.15, 0.2) is 30.3 Å². The lowest BCUT2D eigenvalue weighted by Gasteiger charge is -2.25. The molecule has 0 aliphatic carbocycles. The van der Waals surface area contributed by atoms with Gasteiger partial charge < -0.3 is 10.6 Å². The van der Waals surface area contributed by atoms with Crippen LogP contribution in [0.25, 0.3) is 10.9 Å². The number of pyridine rings is 1. The zero-order chi connectivity index (χ0) is 13.3. The van der Waals surface area contributed by atoms with Crippen LogP contribution in [0.1, 0.15) is 24.6 Å². The Morgan fingerprint density at radius 2 is 2.21 bits per heavy atom. The van der Waals surface area contributed by atoms with Gasteiger partial charge in [-0.25, -0.2) is 0 Å². The number of fused-ring (bicyclic) bond motifs is 1. The van der Waals surface area contributed by atoms with E-state index in [1.54, 1.807) is 0 Å². The number of para-hydroxylation sites is 1. The molecule has 2 aromatic rings. The first-order valence-electron chi connectivity index (χ1n) is 6.97. The van der Waals surface area contributed by atoms with Gasteiger partial charge in [-0.3, -0.25) is 4.98 Å². The first kappa shape index (κ1) is 12.6. The van der Waals surface area contributed by atoms with E-state index in [0.717, 1.165) is 30.8 Å². The summed E-state index contributed by atoms with van der Waals surface area (Å²) >= 11 is 0. The lowest BCUT2D eigenvalue weighted by Crippen LogP contribution is -2.43. The Morgan fingerprint density at radius 3 is 3.00 bits per heavy atom. The normalized spacial score (nSPS) is 23.1. The quantitative estimate of drug-likeness (QED) is 0.884. The summed E-state index contributed by atoms with van der Waals surface area (Å²) in [6.07, 6.45) is 1.19. The van der Waals surface area contributed by atoms with Crippen LogP contribution in [-0.4, -0.2) is 23.6 Å². The van der Waals surface area contributed by atoms with E-state index in [-0.39, 0.29) is 5.54 Å². The van der Waals surface area contributed by atoms with Gasteiger partial charge in [-0.05, 0) is 44.5 Å². The molecule has 3 rings (SSSR count). The molecule has 2 N–H and O–H groups in total. The second kappa shape index (κ2) is 4.91. The lowest BCUT2D eigenvalue weighted by atomic mass is 10.0. The van der Waals surface area contributed by atoms with Gasteiger partial charge in [-0.1, -0.05) is 18.2 Å². The molecule has 1 saturated heterocycles. The van der Waals surface area contributed by atoms with E-state index in [9.17, 15) is 0 Å². The molecule has 1 aromatic carbocycles. The first-order valence-corrected chi connectivity index (χ1v) is 6.97. The zero-order valence-electron chi connectivity index (χ0n) is 11.7. The molecule has 2 heterocycles. The molecule has 1 atom stereocenters. The molecule has 1 aliphatic heterocycles. The van der Waals surface area contributed by atoms with E-state index in [1.807, 2.05) is 6.07 Å². The maximum atomic E-state index is 4.59. The van der Waals surface area contributed by atoms with Crippen molar-refractivity contribution in [3.05, 3.63) is 41.6 Å². The molecule has 1 aromatic heterocycles. The number of nitrogens with one attached hydrogen (secondary N) is 2. The van der Waals surface area contributed by atoms with Crippen molar-refractivity contribution in [2.75, 3.05) is 13.1 Å². The van der Waals surface area contributed by atoms with Gasteiger partial charge in [-0.2, -0.15) is 0 Å². The van der Waals surface area contributed by atoms with Crippen molar-refractivity contribution in [3.8, 4) is 0 Å². The highest BCUT2D eigenvalue weighted by Crippen LogP contribution is 2.20. The molecule has 3 heteroatoms. The third-order valence-corrected chi connectivity index (χ3v) is 4.00. The fourth-order valence-electron chi connectivity index (χ4n) is 2.82. The van der Waals surface area contributed by atoms with Gasteiger partial charge in [0.2, 0.25) is 0 Å². The molecule has 0 bridgehead atoms. The fourth-order valence-corrected chi connectivity index (χ4v) is 2.82. The number of benzene rings is 1. The Kier molecular flexibility index (Phi) is 3.25. The average molecular weight is 255 g/mol. The molecule has 100 valence electrons. The molecule has 1 aliphatic rings. The summed E-state index contributed by atoms with van der Waals surface area (Å²) in [5, 5.41) is 8.39. The third kappa shape index (κ3) is 2.62. The van der Waals surface area contributed by atoms with Gasteiger partial charge in [-0.15, -0.1) is 0 Å². The van der Waals surface area contributed by atoms with Crippen molar-refractivity contribution in [1.82, 2.24) is 15.6 Å². The highest BCUT2D eigenvalue weighted by atomic mass is 15.1. The molecule has 1 unspecified atom stereocenters. The Labute approximate surface area is 114 Å².